The van der Waals surface area contributed by atoms with E-state index in [1.54, 1.807) is 28.4 Å². The van der Waals surface area contributed by atoms with Crippen molar-refractivity contribution in [1.29, 1.82) is 0 Å². The molecule has 0 fully saturated rings. The summed E-state index contributed by atoms with van der Waals surface area (Å²) < 4.78 is 29.7. The number of rotatable bonds is 6. The standard InChI is InChI=1S/C38H34O5/c1-37(2)33-22-28(42-6)16-18-30(33)34-31-19-20-38(23-7-11-25(39-3)12-8-23,24-9-13-26(40-4)14-10-24)43-36(31)29-17-15-27(41-5)21-32(29)35(34)37/h7-22H,1-6H3. The van der Waals surface area contributed by atoms with Crippen molar-refractivity contribution in [3.8, 4) is 39.9 Å². The normalized spacial score (nSPS) is 15.2. The molecule has 1 aliphatic heterocycles. The molecule has 1 aliphatic carbocycles. The Morgan fingerprint density at radius 1 is 0.581 bits per heavy atom. The first-order valence-electron chi connectivity index (χ1n) is 14.4. The van der Waals surface area contributed by atoms with Crippen LogP contribution in [0, 0.1) is 0 Å². The number of methoxy groups -OCH3 is 4. The molecule has 0 atom stereocenters. The third kappa shape index (κ3) is 3.91. The highest BCUT2D eigenvalue weighted by molar-refractivity contribution is 6.06. The van der Waals surface area contributed by atoms with Crippen molar-refractivity contribution in [3.05, 3.63) is 119 Å². The number of fused-ring (bicyclic) bond motifs is 8. The van der Waals surface area contributed by atoms with Gasteiger partial charge in [-0.25, -0.2) is 0 Å². The van der Waals surface area contributed by atoms with Gasteiger partial charge in [0.15, 0.2) is 5.60 Å². The van der Waals surface area contributed by atoms with Gasteiger partial charge in [0.2, 0.25) is 0 Å². The molecule has 0 saturated heterocycles. The van der Waals surface area contributed by atoms with Crippen molar-refractivity contribution < 1.29 is 23.7 Å². The summed E-state index contributed by atoms with van der Waals surface area (Å²) in [6, 6.07) is 28.9. The van der Waals surface area contributed by atoms with Crippen LogP contribution in [0.5, 0.6) is 28.7 Å². The van der Waals surface area contributed by atoms with Gasteiger partial charge in [-0.15, -0.1) is 0 Å². The van der Waals surface area contributed by atoms with Crippen LogP contribution in [0.3, 0.4) is 0 Å². The van der Waals surface area contributed by atoms with Gasteiger partial charge < -0.3 is 23.7 Å². The summed E-state index contributed by atoms with van der Waals surface area (Å²) in [5.41, 5.74) is 6.77. The molecule has 1 heterocycles. The maximum Gasteiger partial charge on any atom is 0.178 e. The molecule has 43 heavy (non-hydrogen) atoms. The van der Waals surface area contributed by atoms with Crippen LogP contribution in [0.15, 0.2) is 91.0 Å². The third-order valence-corrected chi connectivity index (χ3v) is 9.08. The van der Waals surface area contributed by atoms with Crippen molar-refractivity contribution >= 4 is 16.8 Å². The predicted molar refractivity (Wildman–Crippen MR) is 171 cm³/mol. The van der Waals surface area contributed by atoms with Crippen molar-refractivity contribution in [2.45, 2.75) is 24.9 Å². The van der Waals surface area contributed by atoms with E-state index in [9.17, 15) is 0 Å². The van der Waals surface area contributed by atoms with E-state index in [2.05, 4.69) is 74.5 Å². The fraction of sp³-hybridized carbons (Fsp3) is 0.211. The second kappa shape index (κ2) is 9.84. The van der Waals surface area contributed by atoms with Gasteiger partial charge in [0, 0.05) is 27.5 Å². The van der Waals surface area contributed by atoms with E-state index in [0.29, 0.717) is 0 Å². The third-order valence-electron chi connectivity index (χ3n) is 9.08. The summed E-state index contributed by atoms with van der Waals surface area (Å²) in [5.74, 6) is 4.07. The van der Waals surface area contributed by atoms with Crippen LogP contribution in [0.4, 0.5) is 0 Å². The molecule has 2 aliphatic rings. The predicted octanol–water partition coefficient (Wildman–Crippen LogP) is 8.53. The summed E-state index contributed by atoms with van der Waals surface area (Å²) in [4.78, 5) is 0. The van der Waals surface area contributed by atoms with E-state index in [4.69, 9.17) is 23.7 Å². The molecule has 0 unspecified atom stereocenters. The molecule has 5 aromatic rings. The van der Waals surface area contributed by atoms with E-state index < -0.39 is 5.60 Å². The Kier molecular flexibility index (Phi) is 6.17. The van der Waals surface area contributed by atoms with Crippen LogP contribution in [-0.4, -0.2) is 28.4 Å². The summed E-state index contributed by atoms with van der Waals surface area (Å²) in [7, 11) is 6.78. The van der Waals surface area contributed by atoms with Gasteiger partial charge in [0.1, 0.15) is 28.7 Å². The maximum absolute atomic E-state index is 7.34. The van der Waals surface area contributed by atoms with Crippen molar-refractivity contribution in [2.75, 3.05) is 28.4 Å². The van der Waals surface area contributed by atoms with Crippen LogP contribution < -0.4 is 23.7 Å². The van der Waals surface area contributed by atoms with Crippen LogP contribution >= 0.6 is 0 Å². The van der Waals surface area contributed by atoms with Gasteiger partial charge in [0.25, 0.3) is 0 Å². The molecule has 216 valence electrons. The Labute approximate surface area is 252 Å². The highest BCUT2D eigenvalue weighted by Gasteiger charge is 2.44. The Morgan fingerprint density at radius 3 is 1.70 bits per heavy atom. The first kappa shape index (κ1) is 27.0. The molecule has 0 saturated carbocycles. The average Bonchev–Trinajstić information content (AvgIpc) is 3.30. The molecule has 5 heteroatoms. The van der Waals surface area contributed by atoms with Gasteiger partial charge >= 0.3 is 0 Å². The number of ether oxygens (including phenoxy) is 5. The molecule has 0 radical (unpaired) electrons. The molecular formula is C38H34O5. The second-order valence-electron chi connectivity index (χ2n) is 11.6. The smallest absolute Gasteiger partial charge is 0.178 e. The summed E-state index contributed by atoms with van der Waals surface area (Å²) >= 11 is 0. The molecule has 0 N–H and O–H groups in total. The van der Waals surface area contributed by atoms with Crippen LogP contribution in [-0.2, 0) is 11.0 Å². The largest absolute Gasteiger partial charge is 0.497 e. The van der Waals surface area contributed by atoms with Gasteiger partial charge in [-0.2, -0.15) is 0 Å². The van der Waals surface area contributed by atoms with Crippen molar-refractivity contribution in [2.24, 2.45) is 0 Å². The van der Waals surface area contributed by atoms with E-state index in [-0.39, 0.29) is 5.41 Å². The van der Waals surface area contributed by atoms with E-state index >= 15 is 0 Å². The summed E-state index contributed by atoms with van der Waals surface area (Å²) in [5, 5.41) is 2.15. The highest BCUT2D eigenvalue weighted by Crippen LogP contribution is 2.58. The van der Waals surface area contributed by atoms with Crippen molar-refractivity contribution in [1.82, 2.24) is 0 Å². The molecule has 0 spiro atoms. The second-order valence-corrected chi connectivity index (χ2v) is 11.6. The highest BCUT2D eigenvalue weighted by atomic mass is 16.5. The fourth-order valence-corrected chi connectivity index (χ4v) is 6.85. The van der Waals surface area contributed by atoms with Crippen molar-refractivity contribution in [3.63, 3.8) is 0 Å². The van der Waals surface area contributed by atoms with E-state index in [1.807, 2.05) is 36.4 Å². The lowest BCUT2D eigenvalue weighted by Crippen LogP contribution is -2.34. The van der Waals surface area contributed by atoms with Crippen LogP contribution in [0.25, 0.3) is 28.0 Å². The number of hydrogen-bond acceptors (Lipinski definition) is 5. The zero-order valence-electron chi connectivity index (χ0n) is 25.3. The maximum atomic E-state index is 7.34. The van der Waals surface area contributed by atoms with E-state index in [1.165, 1.54) is 22.3 Å². The SMILES string of the molecule is COc1ccc(C2(c3ccc(OC)cc3)C=Cc3c4c(c5cc(OC)ccc5c3O2)C(C)(C)c2cc(OC)ccc2-4)cc1. The summed E-state index contributed by atoms with van der Waals surface area (Å²) in [6.45, 7) is 4.57. The molecule has 5 nitrogen and oxygen atoms in total. The lowest BCUT2D eigenvalue weighted by Gasteiger charge is -2.38. The number of hydrogen-bond donors (Lipinski definition) is 0. The topological polar surface area (TPSA) is 46.2 Å². The lowest BCUT2D eigenvalue weighted by molar-refractivity contribution is 0.163. The summed E-state index contributed by atoms with van der Waals surface area (Å²) in [6.07, 6.45) is 4.42. The lowest BCUT2D eigenvalue weighted by atomic mass is 9.78. The Balaban J connectivity index is 1.54. The number of benzene rings is 5. The molecule has 0 amide bonds. The Morgan fingerprint density at radius 2 is 1.12 bits per heavy atom. The fourth-order valence-electron chi connectivity index (χ4n) is 6.85. The minimum atomic E-state index is -0.885. The average molecular weight is 571 g/mol. The molecule has 5 aromatic carbocycles. The van der Waals surface area contributed by atoms with Gasteiger partial charge in [0.05, 0.1) is 28.4 Å². The van der Waals surface area contributed by atoms with Gasteiger partial charge in [-0.1, -0.05) is 44.2 Å². The van der Waals surface area contributed by atoms with Gasteiger partial charge in [-0.3, -0.25) is 0 Å². The minimum Gasteiger partial charge on any atom is -0.497 e. The first-order chi connectivity index (χ1) is 20.8. The zero-order valence-corrected chi connectivity index (χ0v) is 25.3. The molecule has 0 bridgehead atoms. The molecular weight excluding hydrogens is 536 g/mol. The quantitative estimate of drug-likeness (QED) is 0.205. The van der Waals surface area contributed by atoms with Crippen LogP contribution in [0.2, 0.25) is 0 Å². The van der Waals surface area contributed by atoms with Crippen LogP contribution in [0.1, 0.15) is 41.7 Å². The molecule has 0 aromatic heterocycles. The monoisotopic (exact) mass is 570 g/mol. The van der Waals surface area contributed by atoms with Gasteiger partial charge in [-0.05, 0) is 94.4 Å². The first-order valence-corrected chi connectivity index (χ1v) is 14.4. The Hall–Kier alpha value is -4.90. The zero-order chi connectivity index (χ0) is 29.9. The van der Waals surface area contributed by atoms with E-state index in [0.717, 1.165) is 56.2 Å². The minimum absolute atomic E-state index is 0.271. The molecule has 7 rings (SSSR count). The Bertz CT molecular complexity index is 1850.